The van der Waals surface area contributed by atoms with Crippen LogP contribution in [0.15, 0.2) is 42.5 Å². The summed E-state index contributed by atoms with van der Waals surface area (Å²) in [5.74, 6) is 1.63. The van der Waals surface area contributed by atoms with Gasteiger partial charge in [0.25, 0.3) is 5.91 Å². The quantitative estimate of drug-likeness (QED) is 0.559. The van der Waals surface area contributed by atoms with E-state index >= 15 is 0 Å². The molecule has 2 aromatic carbocycles. The van der Waals surface area contributed by atoms with Crippen LogP contribution in [0.5, 0.6) is 5.75 Å². The molecule has 7 heteroatoms. The van der Waals surface area contributed by atoms with E-state index in [1.54, 1.807) is 0 Å². The zero-order valence-corrected chi connectivity index (χ0v) is 19.0. The number of hydrogen-bond donors (Lipinski definition) is 1. The number of nitrogens with zero attached hydrogens (tertiary/aromatic N) is 3. The molecule has 0 unspecified atom stereocenters. The van der Waals surface area contributed by atoms with Crippen LogP contribution >= 0.6 is 0 Å². The summed E-state index contributed by atoms with van der Waals surface area (Å²) in [7, 11) is 0. The van der Waals surface area contributed by atoms with Crippen LogP contribution in [-0.4, -0.2) is 66.4 Å². The summed E-state index contributed by atoms with van der Waals surface area (Å²) in [6.45, 7) is 9.95. The summed E-state index contributed by atoms with van der Waals surface area (Å²) in [6, 6.07) is 14.1. The fourth-order valence-electron chi connectivity index (χ4n) is 4.02. The number of nitrogens with one attached hydrogen (secondary N) is 1. The molecule has 0 aliphatic carbocycles. The first-order valence-corrected chi connectivity index (χ1v) is 11.3. The molecule has 0 radical (unpaired) electrons. The third-order valence-electron chi connectivity index (χ3n) is 6.06. The van der Waals surface area contributed by atoms with Crippen LogP contribution in [0.1, 0.15) is 17.0 Å². The van der Waals surface area contributed by atoms with E-state index in [0.717, 1.165) is 73.1 Å². The van der Waals surface area contributed by atoms with Gasteiger partial charge in [0.05, 0.1) is 24.2 Å². The predicted octanol–water partition coefficient (Wildman–Crippen LogP) is 2.72. The maximum Gasteiger partial charge on any atom is 0.257 e. The van der Waals surface area contributed by atoms with Gasteiger partial charge in [0, 0.05) is 39.1 Å². The molecule has 4 rings (SSSR count). The lowest BCUT2D eigenvalue weighted by Gasteiger charge is -2.27. The van der Waals surface area contributed by atoms with Gasteiger partial charge in [0.2, 0.25) is 0 Å². The third-order valence-corrected chi connectivity index (χ3v) is 6.06. The Bertz CT molecular complexity index is 1060. The Balaban J connectivity index is 1.33. The molecule has 7 nitrogen and oxygen atoms in total. The second kappa shape index (κ2) is 10.6. The lowest BCUT2D eigenvalue weighted by atomic mass is 10.1. The Morgan fingerprint density at radius 1 is 1.09 bits per heavy atom. The molecule has 0 bridgehead atoms. The monoisotopic (exact) mass is 436 g/mol. The van der Waals surface area contributed by atoms with Gasteiger partial charge in [0.15, 0.2) is 6.61 Å². The van der Waals surface area contributed by atoms with Gasteiger partial charge in [-0.3, -0.25) is 9.69 Å². The SMILES string of the molecule is Cc1cccc(OCC(=O)NCCc2nc3ccccc3n2CCN2CCOCC2)c1C. The maximum atomic E-state index is 12.3. The number of hydrogen-bond acceptors (Lipinski definition) is 5. The van der Waals surface area contributed by atoms with Crippen LogP contribution in [0.25, 0.3) is 11.0 Å². The van der Waals surface area contributed by atoms with Crippen molar-refractivity contribution in [1.82, 2.24) is 19.8 Å². The summed E-state index contributed by atoms with van der Waals surface area (Å²) >= 11 is 0. The number of benzene rings is 2. The molecule has 1 aromatic heterocycles. The number of imidazole rings is 1. The van der Waals surface area contributed by atoms with Crippen LogP contribution in [0.3, 0.4) is 0 Å². The van der Waals surface area contributed by atoms with Crippen molar-refractivity contribution in [2.24, 2.45) is 0 Å². The molecule has 0 spiro atoms. The molecule has 1 saturated heterocycles. The molecule has 1 aliphatic rings. The summed E-state index contributed by atoms with van der Waals surface area (Å²) < 4.78 is 13.4. The number of carbonyl (C=O) groups excluding carboxylic acids is 1. The van der Waals surface area contributed by atoms with E-state index in [-0.39, 0.29) is 12.5 Å². The molecule has 0 atom stereocenters. The molecule has 1 N–H and O–H groups in total. The number of ether oxygens (including phenoxy) is 2. The Morgan fingerprint density at radius 3 is 2.75 bits per heavy atom. The molecule has 3 aromatic rings. The fourth-order valence-corrected chi connectivity index (χ4v) is 4.02. The van der Waals surface area contributed by atoms with Gasteiger partial charge in [-0.25, -0.2) is 4.98 Å². The average molecular weight is 437 g/mol. The van der Waals surface area contributed by atoms with E-state index < -0.39 is 0 Å². The van der Waals surface area contributed by atoms with E-state index in [9.17, 15) is 4.79 Å². The first-order chi connectivity index (χ1) is 15.6. The number of amides is 1. The van der Waals surface area contributed by atoms with Crippen molar-refractivity contribution in [3.05, 3.63) is 59.4 Å². The molecule has 1 aliphatic heterocycles. The molecule has 170 valence electrons. The Labute approximate surface area is 189 Å². The van der Waals surface area contributed by atoms with Crippen LogP contribution in [-0.2, 0) is 22.5 Å². The molecule has 0 saturated carbocycles. The van der Waals surface area contributed by atoms with Gasteiger partial charge < -0.3 is 19.4 Å². The largest absolute Gasteiger partial charge is 0.483 e. The minimum Gasteiger partial charge on any atom is -0.483 e. The normalized spacial score (nSPS) is 14.6. The minimum atomic E-state index is -0.123. The zero-order valence-electron chi connectivity index (χ0n) is 19.0. The standard InChI is InChI=1S/C25H32N4O3/c1-19-6-5-9-23(20(19)2)32-18-25(30)26-11-10-24-27-21-7-3-4-8-22(21)29(24)13-12-28-14-16-31-17-15-28/h3-9H,10-18H2,1-2H3,(H,26,30). The van der Waals surface area contributed by atoms with Crippen molar-refractivity contribution in [3.63, 3.8) is 0 Å². The lowest BCUT2D eigenvalue weighted by Crippen LogP contribution is -2.38. The zero-order chi connectivity index (χ0) is 22.3. The van der Waals surface area contributed by atoms with E-state index in [4.69, 9.17) is 14.5 Å². The number of aromatic nitrogens is 2. The highest BCUT2D eigenvalue weighted by molar-refractivity contribution is 5.78. The highest BCUT2D eigenvalue weighted by atomic mass is 16.5. The Kier molecular flexibility index (Phi) is 7.39. The molecule has 1 amide bonds. The van der Waals surface area contributed by atoms with Gasteiger partial charge in [-0.05, 0) is 43.2 Å². The molecule has 2 heterocycles. The number of rotatable bonds is 9. The minimum absolute atomic E-state index is 0.0116. The Morgan fingerprint density at radius 2 is 1.91 bits per heavy atom. The van der Waals surface area contributed by atoms with Crippen LogP contribution in [0.4, 0.5) is 0 Å². The average Bonchev–Trinajstić information content (AvgIpc) is 3.16. The maximum absolute atomic E-state index is 12.3. The number of para-hydroxylation sites is 2. The van der Waals surface area contributed by atoms with Gasteiger partial charge in [-0.15, -0.1) is 0 Å². The molecule has 1 fully saturated rings. The van der Waals surface area contributed by atoms with E-state index in [0.29, 0.717) is 13.0 Å². The van der Waals surface area contributed by atoms with Crippen molar-refractivity contribution in [1.29, 1.82) is 0 Å². The second-order valence-corrected chi connectivity index (χ2v) is 8.21. The van der Waals surface area contributed by atoms with Crippen LogP contribution in [0, 0.1) is 13.8 Å². The first kappa shape index (κ1) is 22.3. The molecular formula is C25H32N4O3. The highest BCUT2D eigenvalue weighted by Crippen LogP contribution is 2.20. The Hall–Kier alpha value is -2.90. The number of carbonyl (C=O) groups is 1. The first-order valence-electron chi connectivity index (χ1n) is 11.3. The number of aryl methyl sites for hydroxylation is 1. The topological polar surface area (TPSA) is 68.6 Å². The van der Waals surface area contributed by atoms with Crippen molar-refractivity contribution in [3.8, 4) is 5.75 Å². The smallest absolute Gasteiger partial charge is 0.257 e. The summed E-state index contributed by atoms with van der Waals surface area (Å²) in [6.07, 6.45) is 0.674. The van der Waals surface area contributed by atoms with Crippen LogP contribution in [0.2, 0.25) is 0 Å². The van der Waals surface area contributed by atoms with E-state index in [2.05, 4.69) is 20.9 Å². The van der Waals surface area contributed by atoms with Crippen molar-refractivity contribution < 1.29 is 14.3 Å². The van der Waals surface area contributed by atoms with Gasteiger partial charge in [-0.1, -0.05) is 24.3 Å². The lowest BCUT2D eigenvalue weighted by molar-refractivity contribution is -0.123. The second-order valence-electron chi connectivity index (χ2n) is 8.21. The van der Waals surface area contributed by atoms with E-state index in [1.807, 2.05) is 50.2 Å². The van der Waals surface area contributed by atoms with Gasteiger partial charge in [-0.2, -0.15) is 0 Å². The fraction of sp³-hybridized carbons (Fsp3) is 0.440. The summed E-state index contributed by atoms with van der Waals surface area (Å²) in [4.78, 5) is 19.6. The molecular weight excluding hydrogens is 404 g/mol. The number of morpholine rings is 1. The molecule has 32 heavy (non-hydrogen) atoms. The number of fused-ring (bicyclic) bond motifs is 1. The van der Waals surface area contributed by atoms with Gasteiger partial charge in [0.1, 0.15) is 11.6 Å². The van der Waals surface area contributed by atoms with E-state index in [1.165, 1.54) is 0 Å². The van der Waals surface area contributed by atoms with Crippen molar-refractivity contribution in [2.75, 3.05) is 46.0 Å². The van der Waals surface area contributed by atoms with Gasteiger partial charge >= 0.3 is 0 Å². The summed E-state index contributed by atoms with van der Waals surface area (Å²) in [5.41, 5.74) is 4.35. The predicted molar refractivity (Wildman–Crippen MR) is 125 cm³/mol. The van der Waals surface area contributed by atoms with Crippen molar-refractivity contribution >= 4 is 16.9 Å². The summed E-state index contributed by atoms with van der Waals surface area (Å²) in [5, 5.41) is 2.97. The van der Waals surface area contributed by atoms with Crippen molar-refractivity contribution in [2.45, 2.75) is 26.8 Å². The highest BCUT2D eigenvalue weighted by Gasteiger charge is 2.14. The van der Waals surface area contributed by atoms with Crippen LogP contribution < -0.4 is 10.1 Å². The third kappa shape index (κ3) is 5.47.